The minimum absolute atomic E-state index is 0.0149. The molecule has 1 atom stereocenters. The highest BCUT2D eigenvalue weighted by molar-refractivity contribution is 6.02. The molecule has 2 aromatic carbocycles. The number of rotatable bonds is 7. The zero-order valence-electron chi connectivity index (χ0n) is 18.9. The number of amides is 1. The molecule has 1 fully saturated rings. The maximum Gasteiger partial charge on any atom is 0.227 e. The van der Waals surface area contributed by atoms with Gasteiger partial charge in [-0.15, -0.1) is 0 Å². The van der Waals surface area contributed by atoms with Gasteiger partial charge in [0.15, 0.2) is 5.78 Å². The molecule has 8 nitrogen and oxygen atoms in total. The van der Waals surface area contributed by atoms with Gasteiger partial charge >= 0.3 is 0 Å². The van der Waals surface area contributed by atoms with Crippen molar-refractivity contribution in [3.63, 3.8) is 0 Å². The van der Waals surface area contributed by atoms with Crippen LogP contribution in [0.15, 0.2) is 54.7 Å². The third-order valence-corrected chi connectivity index (χ3v) is 6.07. The lowest BCUT2D eigenvalue weighted by molar-refractivity contribution is -0.131. The van der Waals surface area contributed by atoms with E-state index in [4.69, 9.17) is 15.2 Å². The first-order valence-corrected chi connectivity index (χ1v) is 10.9. The molecule has 0 radical (unpaired) electrons. The Kier molecular flexibility index (Phi) is 6.63. The Morgan fingerprint density at radius 2 is 1.85 bits per heavy atom. The van der Waals surface area contributed by atoms with Gasteiger partial charge in [0, 0.05) is 24.6 Å². The average Bonchev–Trinajstić information content (AvgIpc) is 3.25. The van der Waals surface area contributed by atoms with E-state index in [1.54, 1.807) is 23.8 Å². The summed E-state index contributed by atoms with van der Waals surface area (Å²) in [6.45, 7) is 1.01. The highest BCUT2D eigenvalue weighted by Crippen LogP contribution is 2.27. The van der Waals surface area contributed by atoms with Crippen LogP contribution in [-0.2, 0) is 11.2 Å². The molecular weight excluding hydrogens is 420 g/mol. The lowest BCUT2D eigenvalue weighted by Crippen LogP contribution is -2.43. The number of piperidine rings is 1. The first-order chi connectivity index (χ1) is 16.0. The number of Topliss-reactive ketones (excluding diaryl/α,β-unsaturated/α-hetero) is 1. The van der Waals surface area contributed by atoms with Gasteiger partial charge in [0.05, 0.1) is 38.1 Å². The van der Waals surface area contributed by atoms with Crippen LogP contribution in [0.5, 0.6) is 11.5 Å². The summed E-state index contributed by atoms with van der Waals surface area (Å²) in [5.41, 5.74) is 8.26. The summed E-state index contributed by atoms with van der Waals surface area (Å²) >= 11 is 0. The van der Waals surface area contributed by atoms with Gasteiger partial charge in [-0.3, -0.25) is 9.59 Å². The number of ether oxygens (including phenoxy) is 2. The predicted molar refractivity (Wildman–Crippen MR) is 125 cm³/mol. The lowest BCUT2D eigenvalue weighted by atomic mass is 9.90. The van der Waals surface area contributed by atoms with Crippen molar-refractivity contribution < 1.29 is 19.1 Å². The molecule has 2 heterocycles. The van der Waals surface area contributed by atoms with E-state index in [1.807, 2.05) is 48.5 Å². The Morgan fingerprint density at radius 1 is 1.09 bits per heavy atom. The number of nitrogens with zero attached hydrogens (tertiary/aromatic N) is 3. The molecule has 3 aromatic rings. The van der Waals surface area contributed by atoms with E-state index in [2.05, 4.69) is 5.10 Å². The normalized spacial score (nSPS) is 15.8. The molecule has 1 saturated heterocycles. The fourth-order valence-electron chi connectivity index (χ4n) is 4.24. The molecule has 172 valence electrons. The molecule has 0 aliphatic carbocycles. The third kappa shape index (κ3) is 4.69. The number of aromatic nitrogens is 2. The van der Waals surface area contributed by atoms with E-state index in [1.165, 1.54) is 6.20 Å². The largest absolute Gasteiger partial charge is 0.497 e. The van der Waals surface area contributed by atoms with Crippen LogP contribution < -0.4 is 15.2 Å². The van der Waals surface area contributed by atoms with Crippen LogP contribution in [0.1, 0.15) is 28.8 Å². The maximum atomic E-state index is 13.3. The van der Waals surface area contributed by atoms with Crippen LogP contribution in [0.25, 0.3) is 5.69 Å². The molecule has 33 heavy (non-hydrogen) atoms. The smallest absolute Gasteiger partial charge is 0.227 e. The van der Waals surface area contributed by atoms with Gasteiger partial charge in [-0.05, 0) is 43.2 Å². The van der Waals surface area contributed by atoms with E-state index in [0.29, 0.717) is 36.6 Å². The van der Waals surface area contributed by atoms with Gasteiger partial charge in [-0.2, -0.15) is 5.10 Å². The van der Waals surface area contributed by atoms with E-state index >= 15 is 0 Å². The van der Waals surface area contributed by atoms with E-state index in [9.17, 15) is 9.59 Å². The van der Waals surface area contributed by atoms with Crippen LogP contribution in [0, 0.1) is 5.92 Å². The Hall–Kier alpha value is -3.81. The van der Waals surface area contributed by atoms with Crippen LogP contribution in [0.3, 0.4) is 0 Å². The quantitative estimate of drug-likeness (QED) is 0.558. The predicted octanol–water partition coefficient (Wildman–Crippen LogP) is 3.14. The molecule has 1 amide bonds. The number of hydrogen-bond donors (Lipinski definition) is 1. The zero-order chi connectivity index (χ0) is 23.4. The standard InChI is InChI=1S/C25H28N4O4/c1-32-20-11-9-19(10-12-20)29-25(26)21(15-27-29)24(31)18-7-5-13-28(16-18)23(30)14-17-6-3-4-8-22(17)33-2/h3-4,6,8-12,15,18H,5,7,13-14,16,26H2,1-2H3. The van der Waals surface area contributed by atoms with Gasteiger partial charge in [-0.25, -0.2) is 4.68 Å². The number of nitrogens with two attached hydrogens (primary N) is 1. The molecule has 1 aliphatic heterocycles. The fourth-order valence-corrected chi connectivity index (χ4v) is 4.24. The summed E-state index contributed by atoms with van der Waals surface area (Å²) in [4.78, 5) is 28.0. The number of carbonyl (C=O) groups is 2. The first kappa shape index (κ1) is 22.4. The highest BCUT2D eigenvalue weighted by atomic mass is 16.5. The van der Waals surface area contributed by atoms with Crippen molar-refractivity contribution in [2.24, 2.45) is 5.92 Å². The van der Waals surface area contributed by atoms with E-state index in [-0.39, 0.29) is 24.0 Å². The molecule has 4 rings (SSSR count). The van der Waals surface area contributed by atoms with E-state index < -0.39 is 0 Å². The molecule has 1 aromatic heterocycles. The van der Waals surface area contributed by atoms with Gasteiger partial charge in [0.1, 0.15) is 17.3 Å². The van der Waals surface area contributed by atoms with Crippen LogP contribution in [-0.4, -0.2) is 53.7 Å². The Balaban J connectivity index is 1.46. The number of carbonyl (C=O) groups excluding carboxylic acids is 2. The van der Waals surface area contributed by atoms with Crippen molar-refractivity contribution in [2.75, 3.05) is 33.0 Å². The number of likely N-dealkylation sites (tertiary alicyclic amines) is 1. The summed E-state index contributed by atoms with van der Waals surface area (Å²) in [7, 11) is 3.19. The molecule has 1 unspecified atom stereocenters. The number of benzene rings is 2. The molecule has 0 spiro atoms. The second-order valence-electron chi connectivity index (χ2n) is 8.09. The number of nitrogen functional groups attached to an aromatic ring is 1. The van der Waals surface area contributed by atoms with Gasteiger partial charge in [-0.1, -0.05) is 18.2 Å². The monoisotopic (exact) mass is 448 g/mol. The van der Waals surface area contributed by atoms with Crippen molar-refractivity contribution in [3.05, 3.63) is 65.9 Å². The zero-order valence-corrected chi connectivity index (χ0v) is 18.9. The number of methoxy groups -OCH3 is 2. The topological polar surface area (TPSA) is 99.7 Å². The second-order valence-corrected chi connectivity index (χ2v) is 8.09. The molecule has 8 heteroatoms. The first-order valence-electron chi connectivity index (χ1n) is 10.9. The number of hydrogen-bond acceptors (Lipinski definition) is 6. The second kappa shape index (κ2) is 9.77. The minimum Gasteiger partial charge on any atom is -0.497 e. The summed E-state index contributed by atoms with van der Waals surface area (Å²) in [6.07, 6.45) is 3.23. The fraction of sp³-hybridized carbons (Fsp3) is 0.320. The van der Waals surface area contributed by atoms with Gasteiger partial charge in [0.2, 0.25) is 5.91 Å². The highest BCUT2D eigenvalue weighted by Gasteiger charge is 2.31. The van der Waals surface area contributed by atoms with Gasteiger partial charge < -0.3 is 20.1 Å². The maximum absolute atomic E-state index is 13.3. The van der Waals surface area contributed by atoms with Crippen LogP contribution in [0.4, 0.5) is 5.82 Å². The van der Waals surface area contributed by atoms with E-state index in [0.717, 1.165) is 23.4 Å². The Morgan fingerprint density at radius 3 is 2.58 bits per heavy atom. The molecule has 0 bridgehead atoms. The summed E-state index contributed by atoms with van der Waals surface area (Å²) < 4.78 is 12.1. The lowest BCUT2D eigenvalue weighted by Gasteiger charge is -2.32. The van der Waals surface area contributed by atoms with Crippen molar-refractivity contribution in [1.29, 1.82) is 0 Å². The summed E-state index contributed by atoms with van der Waals surface area (Å²) in [5.74, 6) is 1.30. The third-order valence-electron chi connectivity index (χ3n) is 6.07. The molecule has 2 N–H and O–H groups in total. The van der Waals surface area contributed by atoms with Crippen LogP contribution in [0.2, 0.25) is 0 Å². The molecular formula is C25H28N4O4. The minimum atomic E-state index is -0.309. The SMILES string of the molecule is COc1ccc(-n2ncc(C(=O)C3CCCN(C(=O)Cc4ccccc4OC)C3)c2N)cc1. The number of anilines is 1. The number of para-hydroxylation sites is 1. The summed E-state index contributed by atoms with van der Waals surface area (Å²) in [5, 5.41) is 4.32. The Bertz CT molecular complexity index is 1140. The van der Waals surface area contributed by atoms with Crippen LogP contribution >= 0.6 is 0 Å². The Labute approximate surface area is 192 Å². The van der Waals surface area contributed by atoms with Gasteiger partial charge in [0.25, 0.3) is 0 Å². The molecule has 1 aliphatic rings. The van der Waals surface area contributed by atoms with Crippen molar-refractivity contribution in [1.82, 2.24) is 14.7 Å². The average molecular weight is 449 g/mol. The number of ketones is 1. The van der Waals surface area contributed by atoms with Crippen molar-refractivity contribution in [3.8, 4) is 17.2 Å². The van der Waals surface area contributed by atoms with Crippen molar-refractivity contribution >= 4 is 17.5 Å². The summed E-state index contributed by atoms with van der Waals surface area (Å²) in [6, 6.07) is 14.8. The van der Waals surface area contributed by atoms with Crippen molar-refractivity contribution in [2.45, 2.75) is 19.3 Å². The molecule has 0 saturated carbocycles.